The topological polar surface area (TPSA) is 90.6 Å². The molecule has 1 unspecified atom stereocenters. The van der Waals surface area contributed by atoms with Crippen LogP contribution < -0.4 is 10.9 Å². The van der Waals surface area contributed by atoms with Crippen LogP contribution in [0.4, 0.5) is 5.82 Å². The first-order chi connectivity index (χ1) is 9.72. The van der Waals surface area contributed by atoms with Gasteiger partial charge in [0.2, 0.25) is 11.5 Å². The van der Waals surface area contributed by atoms with Crippen LogP contribution in [-0.4, -0.2) is 21.1 Å². The highest BCUT2D eigenvalue weighted by Gasteiger charge is 2.37. The van der Waals surface area contributed by atoms with Gasteiger partial charge in [0.1, 0.15) is 0 Å². The van der Waals surface area contributed by atoms with Crippen molar-refractivity contribution in [1.29, 1.82) is 0 Å². The number of fused-ring (bicyclic) bond motifs is 1. The van der Waals surface area contributed by atoms with E-state index >= 15 is 0 Å². The Hall–Kier alpha value is -2.37. The van der Waals surface area contributed by atoms with Crippen LogP contribution in [0.2, 0.25) is 0 Å². The Labute approximate surface area is 114 Å². The van der Waals surface area contributed by atoms with Crippen LogP contribution in [-0.2, 0) is 4.79 Å². The summed E-state index contributed by atoms with van der Waals surface area (Å²) in [5.41, 5.74) is 3.03. The number of carbonyl (C=O) groups excluding carboxylic acids is 1. The van der Waals surface area contributed by atoms with Gasteiger partial charge in [0, 0.05) is 41.8 Å². The molecule has 0 spiro atoms. The maximum atomic E-state index is 11.8. The van der Waals surface area contributed by atoms with Gasteiger partial charge in [-0.05, 0) is 18.4 Å². The summed E-state index contributed by atoms with van der Waals surface area (Å²) < 4.78 is 0. The van der Waals surface area contributed by atoms with Crippen LogP contribution in [0.3, 0.4) is 0 Å². The second kappa shape index (κ2) is 4.06. The third kappa shape index (κ3) is 1.76. The lowest BCUT2D eigenvalue weighted by molar-refractivity contribution is -0.116. The fourth-order valence-corrected chi connectivity index (χ4v) is 2.89. The molecule has 1 fully saturated rings. The van der Waals surface area contributed by atoms with E-state index in [1.165, 1.54) is 18.9 Å². The van der Waals surface area contributed by atoms with Gasteiger partial charge in [-0.1, -0.05) is 6.07 Å². The summed E-state index contributed by atoms with van der Waals surface area (Å²) in [5, 5.41) is 10.1. The van der Waals surface area contributed by atoms with Gasteiger partial charge in [0.05, 0.1) is 0 Å². The molecular formula is C14H14N4O2. The molecule has 3 heterocycles. The number of rotatable bonds is 2. The number of amides is 1. The zero-order chi connectivity index (χ0) is 13.7. The molecule has 6 heteroatoms. The second-order valence-corrected chi connectivity index (χ2v) is 5.46. The van der Waals surface area contributed by atoms with E-state index in [0.717, 1.165) is 16.8 Å². The van der Waals surface area contributed by atoms with Crippen LogP contribution in [0.5, 0.6) is 0 Å². The van der Waals surface area contributed by atoms with Gasteiger partial charge < -0.3 is 10.3 Å². The molecule has 4 rings (SSSR count). The van der Waals surface area contributed by atoms with Crippen molar-refractivity contribution in [3.63, 3.8) is 0 Å². The molecular weight excluding hydrogens is 256 g/mol. The second-order valence-electron chi connectivity index (χ2n) is 5.46. The summed E-state index contributed by atoms with van der Waals surface area (Å²) in [6, 6.07) is 3.29. The molecule has 6 nitrogen and oxygen atoms in total. The van der Waals surface area contributed by atoms with Gasteiger partial charge in [-0.2, -0.15) is 5.10 Å². The lowest BCUT2D eigenvalue weighted by atomic mass is 9.85. The molecule has 2 aliphatic rings. The van der Waals surface area contributed by atoms with Crippen LogP contribution in [0.1, 0.15) is 47.9 Å². The Morgan fingerprint density at radius 1 is 1.20 bits per heavy atom. The highest BCUT2D eigenvalue weighted by atomic mass is 16.1. The maximum absolute atomic E-state index is 11.8. The quantitative estimate of drug-likeness (QED) is 0.771. The van der Waals surface area contributed by atoms with Crippen molar-refractivity contribution in [3.05, 3.63) is 45.5 Å². The standard InChI is InChI=1S/C14H14N4O2/c19-10-4-3-8(6-15-10)9-5-11(20)16-14-12(9)13(17-18-14)7-1-2-7/h3-4,6-7,9H,1-2,5H2,(H,15,19)(H2,16,17,18,20). The summed E-state index contributed by atoms with van der Waals surface area (Å²) in [6.45, 7) is 0. The smallest absolute Gasteiger partial charge is 0.247 e. The minimum Gasteiger partial charge on any atom is -0.329 e. The van der Waals surface area contributed by atoms with Gasteiger partial charge in [-0.25, -0.2) is 0 Å². The zero-order valence-electron chi connectivity index (χ0n) is 10.8. The number of nitrogens with zero attached hydrogens (tertiary/aromatic N) is 1. The summed E-state index contributed by atoms with van der Waals surface area (Å²) >= 11 is 0. The maximum Gasteiger partial charge on any atom is 0.247 e. The van der Waals surface area contributed by atoms with Gasteiger partial charge >= 0.3 is 0 Å². The lowest BCUT2D eigenvalue weighted by Crippen LogP contribution is -2.24. The van der Waals surface area contributed by atoms with E-state index in [4.69, 9.17) is 0 Å². The van der Waals surface area contributed by atoms with Crippen molar-refractivity contribution < 1.29 is 4.79 Å². The fourth-order valence-electron chi connectivity index (χ4n) is 2.89. The zero-order valence-corrected chi connectivity index (χ0v) is 10.8. The van der Waals surface area contributed by atoms with Gasteiger partial charge in [-0.15, -0.1) is 0 Å². The number of anilines is 1. The lowest BCUT2D eigenvalue weighted by Gasteiger charge is -2.23. The van der Waals surface area contributed by atoms with Crippen LogP contribution in [0.25, 0.3) is 0 Å². The number of H-pyrrole nitrogens is 2. The Kier molecular flexibility index (Phi) is 2.33. The molecule has 2 aromatic rings. The van der Waals surface area contributed by atoms with E-state index in [0.29, 0.717) is 18.2 Å². The molecule has 1 aliphatic carbocycles. The summed E-state index contributed by atoms with van der Waals surface area (Å²) in [5.74, 6) is 1.10. The number of carbonyl (C=O) groups is 1. The molecule has 1 aliphatic heterocycles. The first kappa shape index (κ1) is 11.5. The molecule has 2 aromatic heterocycles. The van der Waals surface area contributed by atoms with E-state index in [1.54, 1.807) is 12.3 Å². The number of nitrogens with one attached hydrogen (secondary N) is 3. The molecule has 20 heavy (non-hydrogen) atoms. The average molecular weight is 270 g/mol. The third-order valence-corrected chi connectivity index (χ3v) is 4.03. The fraction of sp³-hybridized carbons (Fsp3) is 0.357. The van der Waals surface area contributed by atoms with Crippen molar-refractivity contribution >= 4 is 11.7 Å². The molecule has 1 saturated carbocycles. The van der Waals surface area contributed by atoms with E-state index in [9.17, 15) is 9.59 Å². The first-order valence-corrected chi connectivity index (χ1v) is 6.79. The average Bonchev–Trinajstić information content (AvgIpc) is 3.19. The van der Waals surface area contributed by atoms with Crippen molar-refractivity contribution in [1.82, 2.24) is 15.2 Å². The molecule has 0 saturated heterocycles. The van der Waals surface area contributed by atoms with Crippen molar-refractivity contribution in [3.8, 4) is 0 Å². The Balaban J connectivity index is 1.84. The summed E-state index contributed by atoms with van der Waals surface area (Å²) in [6.07, 6.45) is 4.42. The number of pyridine rings is 1. The summed E-state index contributed by atoms with van der Waals surface area (Å²) in [7, 11) is 0. The van der Waals surface area contributed by atoms with Crippen molar-refractivity contribution in [2.24, 2.45) is 0 Å². The van der Waals surface area contributed by atoms with E-state index < -0.39 is 0 Å². The normalized spacial score (nSPS) is 21.4. The van der Waals surface area contributed by atoms with Crippen molar-refractivity contribution in [2.75, 3.05) is 5.32 Å². The van der Waals surface area contributed by atoms with E-state index in [2.05, 4.69) is 20.5 Å². The number of aromatic nitrogens is 3. The largest absolute Gasteiger partial charge is 0.329 e. The molecule has 1 amide bonds. The summed E-state index contributed by atoms with van der Waals surface area (Å²) in [4.78, 5) is 25.7. The SMILES string of the molecule is O=C1CC(c2ccc(=O)[nH]c2)c2c(n[nH]c2C2CC2)N1. The molecule has 0 bridgehead atoms. The van der Waals surface area contributed by atoms with Gasteiger partial charge in [0.15, 0.2) is 5.82 Å². The highest BCUT2D eigenvalue weighted by molar-refractivity contribution is 5.94. The van der Waals surface area contributed by atoms with Gasteiger partial charge in [-0.3, -0.25) is 14.7 Å². The Morgan fingerprint density at radius 3 is 2.75 bits per heavy atom. The predicted octanol–water partition coefficient (Wildman–Crippen LogP) is 1.45. The Bertz CT molecular complexity index is 721. The minimum atomic E-state index is -0.135. The number of hydrogen-bond acceptors (Lipinski definition) is 3. The molecule has 0 aromatic carbocycles. The van der Waals surface area contributed by atoms with E-state index in [1.807, 2.05) is 0 Å². The van der Waals surface area contributed by atoms with Crippen molar-refractivity contribution in [2.45, 2.75) is 31.1 Å². The highest BCUT2D eigenvalue weighted by Crippen LogP contribution is 2.47. The first-order valence-electron chi connectivity index (χ1n) is 6.79. The molecule has 1 atom stereocenters. The molecule has 0 radical (unpaired) electrons. The number of hydrogen-bond donors (Lipinski definition) is 3. The monoisotopic (exact) mass is 270 g/mol. The van der Waals surface area contributed by atoms with Gasteiger partial charge in [0.25, 0.3) is 0 Å². The minimum absolute atomic E-state index is 0.0371. The molecule has 102 valence electrons. The van der Waals surface area contributed by atoms with Crippen LogP contribution in [0.15, 0.2) is 23.1 Å². The molecule has 3 N–H and O–H groups in total. The number of aromatic amines is 2. The van der Waals surface area contributed by atoms with Crippen LogP contribution >= 0.6 is 0 Å². The van der Waals surface area contributed by atoms with Crippen LogP contribution in [0, 0.1) is 0 Å². The third-order valence-electron chi connectivity index (χ3n) is 4.03. The predicted molar refractivity (Wildman–Crippen MR) is 72.7 cm³/mol. The Morgan fingerprint density at radius 2 is 2.05 bits per heavy atom. The van der Waals surface area contributed by atoms with E-state index in [-0.39, 0.29) is 17.4 Å².